The summed E-state index contributed by atoms with van der Waals surface area (Å²) in [5.41, 5.74) is 0. The molecular formula is C14H25N5O2. The largest absolute Gasteiger partial charge is 0.463 e. The molecule has 1 saturated heterocycles. The average Bonchev–Trinajstić information content (AvgIpc) is 2.53. The van der Waals surface area contributed by atoms with Crippen LogP contribution in [0.2, 0.25) is 0 Å². The molecule has 1 aliphatic rings. The van der Waals surface area contributed by atoms with Gasteiger partial charge in [-0.05, 0) is 26.2 Å². The average molecular weight is 295 g/mol. The van der Waals surface area contributed by atoms with E-state index in [1.807, 2.05) is 14.0 Å². The molecule has 0 unspecified atom stereocenters. The van der Waals surface area contributed by atoms with Crippen molar-refractivity contribution in [1.82, 2.24) is 15.0 Å². The van der Waals surface area contributed by atoms with Crippen molar-refractivity contribution in [3.63, 3.8) is 0 Å². The number of hydrogen-bond acceptors (Lipinski definition) is 7. The van der Waals surface area contributed by atoms with E-state index in [0.29, 0.717) is 30.6 Å². The summed E-state index contributed by atoms with van der Waals surface area (Å²) < 4.78 is 11.0. The lowest BCUT2D eigenvalue weighted by Gasteiger charge is -2.31. The van der Waals surface area contributed by atoms with Crippen molar-refractivity contribution in [2.24, 2.45) is 0 Å². The molecule has 0 spiro atoms. The van der Waals surface area contributed by atoms with Gasteiger partial charge in [0.1, 0.15) is 0 Å². The molecule has 7 nitrogen and oxygen atoms in total. The van der Waals surface area contributed by atoms with Crippen LogP contribution in [0.25, 0.3) is 0 Å². The number of ether oxygens (including phenoxy) is 2. The summed E-state index contributed by atoms with van der Waals surface area (Å²) in [5.74, 6) is 1.21. The highest BCUT2D eigenvalue weighted by molar-refractivity contribution is 5.38. The summed E-state index contributed by atoms with van der Waals surface area (Å²) in [7, 11) is 2.02. The number of nitrogens with zero attached hydrogens (tertiary/aromatic N) is 4. The van der Waals surface area contributed by atoms with Crippen molar-refractivity contribution in [3.8, 4) is 6.01 Å². The van der Waals surface area contributed by atoms with Gasteiger partial charge in [-0.3, -0.25) is 0 Å². The Morgan fingerprint density at radius 3 is 2.67 bits per heavy atom. The van der Waals surface area contributed by atoms with Crippen LogP contribution in [0.15, 0.2) is 0 Å². The fraction of sp³-hybridized carbons (Fsp3) is 0.786. The van der Waals surface area contributed by atoms with E-state index in [0.717, 1.165) is 39.0 Å². The van der Waals surface area contributed by atoms with Crippen molar-refractivity contribution >= 4 is 11.9 Å². The predicted octanol–water partition coefficient (Wildman–Crippen LogP) is 1.71. The van der Waals surface area contributed by atoms with Crippen LogP contribution in [0.4, 0.5) is 11.9 Å². The third-order valence-corrected chi connectivity index (χ3v) is 3.43. The minimum atomic E-state index is 0.386. The zero-order chi connectivity index (χ0) is 15.1. The minimum absolute atomic E-state index is 0.386. The quantitative estimate of drug-likeness (QED) is 0.821. The molecule has 21 heavy (non-hydrogen) atoms. The molecule has 0 aliphatic carbocycles. The Morgan fingerprint density at radius 1 is 1.24 bits per heavy atom. The molecule has 0 atom stereocenters. The molecule has 1 aromatic heterocycles. The first-order valence-electron chi connectivity index (χ1n) is 7.68. The van der Waals surface area contributed by atoms with E-state index in [1.165, 1.54) is 0 Å². The van der Waals surface area contributed by atoms with E-state index in [9.17, 15) is 0 Å². The van der Waals surface area contributed by atoms with E-state index in [-0.39, 0.29) is 0 Å². The molecule has 0 saturated carbocycles. The second-order valence-corrected chi connectivity index (χ2v) is 5.07. The molecule has 0 amide bonds. The van der Waals surface area contributed by atoms with Gasteiger partial charge in [-0.25, -0.2) is 0 Å². The standard InChI is InChI=1S/C14H25N5O2/c1-4-8-21-14-17-12(15-5-2)16-13(18-14)19(3)11-6-9-20-10-7-11/h11H,4-10H2,1-3H3,(H,15,16,17,18). The van der Waals surface area contributed by atoms with Gasteiger partial charge in [0.25, 0.3) is 0 Å². The molecule has 2 heterocycles. The maximum Gasteiger partial charge on any atom is 0.323 e. The molecule has 2 rings (SSSR count). The molecule has 118 valence electrons. The lowest BCUT2D eigenvalue weighted by molar-refractivity contribution is 0.0852. The van der Waals surface area contributed by atoms with E-state index in [1.54, 1.807) is 0 Å². The zero-order valence-corrected chi connectivity index (χ0v) is 13.1. The van der Waals surface area contributed by atoms with Crippen LogP contribution in [0.3, 0.4) is 0 Å². The van der Waals surface area contributed by atoms with Gasteiger partial charge in [0.05, 0.1) is 6.61 Å². The van der Waals surface area contributed by atoms with Crippen molar-refractivity contribution in [3.05, 3.63) is 0 Å². The maximum atomic E-state index is 5.57. The Hall–Kier alpha value is -1.63. The first-order valence-corrected chi connectivity index (χ1v) is 7.68. The first kappa shape index (κ1) is 15.8. The number of hydrogen-bond donors (Lipinski definition) is 1. The Bertz CT molecular complexity index is 437. The van der Waals surface area contributed by atoms with E-state index >= 15 is 0 Å². The Labute approximate surface area is 126 Å². The second kappa shape index (κ2) is 7.97. The summed E-state index contributed by atoms with van der Waals surface area (Å²) >= 11 is 0. The van der Waals surface area contributed by atoms with Gasteiger partial charge in [0.15, 0.2) is 0 Å². The van der Waals surface area contributed by atoms with Gasteiger partial charge in [-0.15, -0.1) is 0 Å². The van der Waals surface area contributed by atoms with Crippen LogP contribution < -0.4 is 15.0 Å². The van der Waals surface area contributed by atoms with Crippen molar-refractivity contribution in [1.29, 1.82) is 0 Å². The SMILES string of the molecule is CCCOc1nc(NCC)nc(N(C)C2CCOCC2)n1. The minimum Gasteiger partial charge on any atom is -0.463 e. The summed E-state index contributed by atoms with van der Waals surface area (Å²) in [6.45, 7) is 7.02. The van der Waals surface area contributed by atoms with Crippen LogP contribution in [0.1, 0.15) is 33.1 Å². The van der Waals surface area contributed by atoms with Crippen LogP contribution in [-0.4, -0.2) is 54.4 Å². The third-order valence-electron chi connectivity index (χ3n) is 3.43. The zero-order valence-electron chi connectivity index (χ0n) is 13.1. The van der Waals surface area contributed by atoms with Crippen molar-refractivity contribution in [2.75, 3.05) is 43.6 Å². The smallest absolute Gasteiger partial charge is 0.323 e. The van der Waals surface area contributed by atoms with E-state index < -0.39 is 0 Å². The van der Waals surface area contributed by atoms with Gasteiger partial charge >= 0.3 is 6.01 Å². The second-order valence-electron chi connectivity index (χ2n) is 5.07. The lowest BCUT2D eigenvalue weighted by atomic mass is 10.1. The summed E-state index contributed by atoms with van der Waals surface area (Å²) in [4.78, 5) is 15.3. The van der Waals surface area contributed by atoms with Crippen LogP contribution in [0, 0.1) is 0 Å². The highest BCUT2D eigenvalue weighted by Gasteiger charge is 2.22. The highest BCUT2D eigenvalue weighted by atomic mass is 16.5. The molecule has 0 aromatic carbocycles. The predicted molar refractivity (Wildman–Crippen MR) is 82.0 cm³/mol. The highest BCUT2D eigenvalue weighted by Crippen LogP contribution is 2.20. The van der Waals surface area contributed by atoms with Gasteiger partial charge in [0, 0.05) is 32.8 Å². The summed E-state index contributed by atoms with van der Waals surface area (Å²) in [5, 5.41) is 3.13. The maximum absolute atomic E-state index is 5.57. The fourth-order valence-corrected chi connectivity index (χ4v) is 2.23. The summed E-state index contributed by atoms with van der Waals surface area (Å²) in [6, 6.07) is 0.784. The monoisotopic (exact) mass is 295 g/mol. The molecule has 1 aromatic rings. The van der Waals surface area contributed by atoms with Crippen LogP contribution in [0.5, 0.6) is 6.01 Å². The van der Waals surface area contributed by atoms with Gasteiger partial charge in [0.2, 0.25) is 11.9 Å². The molecule has 1 fully saturated rings. The molecule has 1 N–H and O–H groups in total. The van der Waals surface area contributed by atoms with Gasteiger partial charge in [-0.1, -0.05) is 6.92 Å². The van der Waals surface area contributed by atoms with Gasteiger partial charge in [-0.2, -0.15) is 15.0 Å². The Morgan fingerprint density at radius 2 is 2.00 bits per heavy atom. The normalized spacial score (nSPS) is 15.8. The van der Waals surface area contributed by atoms with Gasteiger partial charge < -0.3 is 19.7 Å². The van der Waals surface area contributed by atoms with Crippen LogP contribution in [-0.2, 0) is 4.74 Å². The molecular weight excluding hydrogens is 270 g/mol. The van der Waals surface area contributed by atoms with Crippen LogP contribution >= 0.6 is 0 Å². The molecule has 7 heteroatoms. The molecule has 1 aliphatic heterocycles. The lowest BCUT2D eigenvalue weighted by Crippen LogP contribution is -2.37. The van der Waals surface area contributed by atoms with E-state index in [4.69, 9.17) is 9.47 Å². The molecule has 0 radical (unpaired) electrons. The number of rotatable bonds is 7. The van der Waals surface area contributed by atoms with Crippen molar-refractivity contribution < 1.29 is 9.47 Å². The van der Waals surface area contributed by atoms with E-state index in [2.05, 4.69) is 32.1 Å². The molecule has 0 bridgehead atoms. The van der Waals surface area contributed by atoms with Crippen molar-refractivity contribution in [2.45, 2.75) is 39.2 Å². The first-order chi connectivity index (χ1) is 10.2. The third kappa shape index (κ3) is 4.42. The number of nitrogens with one attached hydrogen (secondary N) is 1. The Balaban J connectivity index is 2.16. The number of anilines is 2. The fourth-order valence-electron chi connectivity index (χ4n) is 2.23. The Kier molecular flexibility index (Phi) is 5.98. The topological polar surface area (TPSA) is 72.4 Å². The summed E-state index contributed by atoms with van der Waals surface area (Å²) in [6.07, 6.45) is 2.90. The number of aromatic nitrogens is 3.